The molecule has 0 spiro atoms. The van der Waals surface area contributed by atoms with Gasteiger partial charge in [0.15, 0.2) is 0 Å². The van der Waals surface area contributed by atoms with Crippen LogP contribution >= 0.6 is 0 Å². The standard InChI is InChI=1S/C50H52N4O/c1-48(2,3)36-24-25-51-47(29-36)54-44-21-14-13-20-42(44)43-23-22-40(31-45(43)54)55-41-28-37(49(4,5)6)27-39(30-41)53-33-52(32-46(53)50(7,8)9)38-19-15-18-35(26-38)34-16-11-10-12-17-34/h10-32H,33H2,1-9H3. The van der Waals surface area contributed by atoms with Crippen LogP contribution in [0.2, 0.25) is 0 Å². The Kier molecular flexibility index (Phi) is 8.87. The Morgan fingerprint density at radius 2 is 1.24 bits per heavy atom. The summed E-state index contributed by atoms with van der Waals surface area (Å²) in [6.07, 6.45) is 4.25. The molecular formula is C50H52N4O. The molecule has 0 atom stereocenters. The van der Waals surface area contributed by atoms with E-state index < -0.39 is 0 Å². The van der Waals surface area contributed by atoms with Crippen molar-refractivity contribution in [2.24, 2.45) is 5.41 Å². The van der Waals surface area contributed by atoms with Crippen molar-refractivity contribution >= 4 is 33.2 Å². The van der Waals surface area contributed by atoms with E-state index in [0.717, 1.165) is 34.0 Å². The second kappa shape index (κ2) is 13.5. The third-order valence-electron chi connectivity index (χ3n) is 10.7. The molecule has 55 heavy (non-hydrogen) atoms. The number of hydrogen-bond donors (Lipinski definition) is 0. The highest BCUT2D eigenvalue weighted by molar-refractivity contribution is 6.09. The summed E-state index contributed by atoms with van der Waals surface area (Å²) in [4.78, 5) is 9.70. The second-order valence-corrected chi connectivity index (χ2v) is 18.0. The maximum absolute atomic E-state index is 6.89. The third kappa shape index (κ3) is 7.12. The number of ether oxygens (including phenoxy) is 1. The zero-order valence-electron chi connectivity index (χ0n) is 33.7. The molecule has 0 fully saturated rings. The summed E-state index contributed by atoms with van der Waals surface area (Å²) in [7, 11) is 0. The molecule has 5 heteroatoms. The zero-order chi connectivity index (χ0) is 38.7. The molecule has 5 nitrogen and oxygen atoms in total. The summed E-state index contributed by atoms with van der Waals surface area (Å²) >= 11 is 0. The maximum Gasteiger partial charge on any atom is 0.137 e. The van der Waals surface area contributed by atoms with Gasteiger partial charge in [-0.25, -0.2) is 4.98 Å². The fourth-order valence-corrected chi connectivity index (χ4v) is 7.59. The predicted molar refractivity (Wildman–Crippen MR) is 232 cm³/mol. The smallest absolute Gasteiger partial charge is 0.137 e. The van der Waals surface area contributed by atoms with Crippen molar-refractivity contribution in [2.45, 2.75) is 73.1 Å². The van der Waals surface area contributed by atoms with Gasteiger partial charge in [-0.2, -0.15) is 0 Å². The fourth-order valence-electron chi connectivity index (χ4n) is 7.59. The number of hydrogen-bond acceptors (Lipinski definition) is 4. The number of nitrogens with zero attached hydrogens (tertiary/aromatic N) is 4. The zero-order valence-corrected chi connectivity index (χ0v) is 33.7. The number of rotatable bonds is 6. The Morgan fingerprint density at radius 1 is 0.527 bits per heavy atom. The van der Waals surface area contributed by atoms with E-state index in [1.807, 2.05) is 6.20 Å². The molecule has 0 amide bonds. The van der Waals surface area contributed by atoms with Crippen molar-refractivity contribution in [2.75, 3.05) is 16.5 Å². The van der Waals surface area contributed by atoms with Gasteiger partial charge in [-0.15, -0.1) is 0 Å². The molecule has 0 aliphatic carbocycles. The number of aromatic nitrogens is 2. The quantitative estimate of drug-likeness (QED) is 0.171. The van der Waals surface area contributed by atoms with Gasteiger partial charge in [0, 0.05) is 57.8 Å². The molecule has 278 valence electrons. The summed E-state index contributed by atoms with van der Waals surface area (Å²) in [5.41, 5.74) is 10.4. The van der Waals surface area contributed by atoms with Gasteiger partial charge in [0.05, 0.1) is 17.7 Å². The molecule has 0 saturated heterocycles. The maximum atomic E-state index is 6.89. The van der Waals surface area contributed by atoms with Gasteiger partial charge in [0.25, 0.3) is 0 Å². The van der Waals surface area contributed by atoms with Gasteiger partial charge in [-0.05, 0) is 87.7 Å². The van der Waals surface area contributed by atoms with Crippen molar-refractivity contribution in [3.8, 4) is 28.4 Å². The average molecular weight is 725 g/mol. The molecule has 7 aromatic rings. The lowest BCUT2D eigenvalue weighted by molar-refractivity contribution is 0.477. The van der Waals surface area contributed by atoms with E-state index in [0.29, 0.717) is 6.67 Å². The van der Waals surface area contributed by atoms with E-state index in [1.165, 1.54) is 44.4 Å². The van der Waals surface area contributed by atoms with Gasteiger partial charge in [0.1, 0.15) is 17.3 Å². The summed E-state index contributed by atoms with van der Waals surface area (Å²) in [5, 5.41) is 2.36. The Bertz CT molecular complexity index is 2560. The van der Waals surface area contributed by atoms with Crippen molar-refractivity contribution in [3.63, 3.8) is 0 Å². The van der Waals surface area contributed by atoms with E-state index >= 15 is 0 Å². The van der Waals surface area contributed by atoms with Crippen LogP contribution in [-0.4, -0.2) is 16.2 Å². The van der Waals surface area contributed by atoms with Gasteiger partial charge < -0.3 is 14.5 Å². The lowest BCUT2D eigenvalue weighted by atomic mass is 9.86. The molecule has 8 rings (SSSR count). The summed E-state index contributed by atoms with van der Waals surface area (Å²) < 4.78 is 9.16. The highest BCUT2D eigenvalue weighted by atomic mass is 16.5. The third-order valence-corrected chi connectivity index (χ3v) is 10.7. The number of benzene rings is 5. The van der Waals surface area contributed by atoms with E-state index in [1.54, 1.807) is 0 Å². The summed E-state index contributed by atoms with van der Waals surface area (Å²) in [6.45, 7) is 21.1. The minimum Gasteiger partial charge on any atom is -0.457 e. The molecule has 0 N–H and O–H groups in total. The lowest BCUT2D eigenvalue weighted by Crippen LogP contribution is -2.31. The normalized spacial score (nSPS) is 13.9. The molecule has 0 saturated carbocycles. The minimum atomic E-state index is -0.0959. The molecule has 0 radical (unpaired) electrons. The fraction of sp³-hybridized carbons (Fsp3) is 0.260. The van der Waals surface area contributed by atoms with Crippen LogP contribution in [0.3, 0.4) is 0 Å². The number of anilines is 2. The first-order valence-electron chi connectivity index (χ1n) is 19.4. The first-order chi connectivity index (χ1) is 26.1. The number of pyridine rings is 1. The van der Waals surface area contributed by atoms with Crippen LogP contribution in [0, 0.1) is 5.41 Å². The largest absolute Gasteiger partial charge is 0.457 e. The molecule has 2 aromatic heterocycles. The van der Waals surface area contributed by atoms with E-state index in [4.69, 9.17) is 9.72 Å². The molecule has 5 aromatic carbocycles. The predicted octanol–water partition coefficient (Wildman–Crippen LogP) is 13.4. The summed E-state index contributed by atoms with van der Waals surface area (Å²) in [5.74, 6) is 2.50. The van der Waals surface area contributed by atoms with Crippen LogP contribution in [-0.2, 0) is 10.8 Å². The van der Waals surface area contributed by atoms with Crippen molar-refractivity contribution in [1.29, 1.82) is 0 Å². The van der Waals surface area contributed by atoms with Gasteiger partial charge in [0.2, 0.25) is 0 Å². The summed E-state index contributed by atoms with van der Waals surface area (Å²) in [6, 6.07) is 45.6. The van der Waals surface area contributed by atoms with Crippen LogP contribution in [0.1, 0.15) is 73.4 Å². The number of para-hydroxylation sites is 1. The van der Waals surface area contributed by atoms with Crippen LogP contribution < -0.4 is 14.5 Å². The van der Waals surface area contributed by atoms with Crippen LogP contribution in [0.4, 0.5) is 11.4 Å². The SMILES string of the molecule is CC(C)(C)C1=CN(c2cccc(-c3ccccc3)c2)CN1c1cc(Oc2ccc3c4ccccc4n(-c4cc(C(C)(C)C)ccn4)c3c2)cc(C(C)(C)C)c1. The molecular weight excluding hydrogens is 673 g/mol. The Hall–Kier alpha value is -5.81. The van der Waals surface area contributed by atoms with Crippen LogP contribution in [0.25, 0.3) is 38.8 Å². The monoisotopic (exact) mass is 724 g/mol. The Balaban J connectivity index is 1.19. The van der Waals surface area contributed by atoms with Crippen molar-refractivity contribution in [1.82, 2.24) is 9.55 Å². The molecule has 1 aliphatic rings. The van der Waals surface area contributed by atoms with Crippen LogP contribution in [0.5, 0.6) is 11.5 Å². The second-order valence-electron chi connectivity index (χ2n) is 18.0. The first-order valence-corrected chi connectivity index (χ1v) is 19.4. The van der Waals surface area contributed by atoms with Gasteiger partial charge in [-0.3, -0.25) is 4.57 Å². The van der Waals surface area contributed by atoms with E-state index in [-0.39, 0.29) is 16.2 Å². The minimum absolute atomic E-state index is 0.00111. The Morgan fingerprint density at radius 3 is 1.98 bits per heavy atom. The average Bonchev–Trinajstić information content (AvgIpc) is 3.75. The lowest BCUT2D eigenvalue weighted by Gasteiger charge is -2.32. The highest BCUT2D eigenvalue weighted by Crippen LogP contribution is 2.43. The molecule has 1 aliphatic heterocycles. The molecule has 0 bridgehead atoms. The van der Waals surface area contributed by atoms with Gasteiger partial charge >= 0.3 is 0 Å². The molecule has 0 unspecified atom stereocenters. The van der Waals surface area contributed by atoms with E-state index in [2.05, 4.69) is 210 Å². The van der Waals surface area contributed by atoms with Crippen molar-refractivity contribution < 1.29 is 4.74 Å². The molecule has 3 heterocycles. The van der Waals surface area contributed by atoms with Gasteiger partial charge in [-0.1, -0.05) is 123 Å². The Labute approximate surface area is 326 Å². The highest BCUT2D eigenvalue weighted by Gasteiger charge is 2.32. The number of fused-ring (bicyclic) bond motifs is 3. The van der Waals surface area contributed by atoms with Crippen LogP contribution in [0.15, 0.2) is 145 Å². The van der Waals surface area contributed by atoms with Crippen molar-refractivity contribution in [3.05, 3.63) is 157 Å². The topological polar surface area (TPSA) is 33.5 Å². The first kappa shape index (κ1) is 36.2. The number of allylic oxidation sites excluding steroid dienone is 1. The van der Waals surface area contributed by atoms with E-state index in [9.17, 15) is 0 Å².